The number of hydrogen-bond donors (Lipinski definition) is 0. The minimum Gasteiger partial charge on any atom is -0.449 e. The number of nitrogens with zero attached hydrogens (tertiary/aromatic N) is 1. The Hall–Kier alpha value is -1.32. The van der Waals surface area contributed by atoms with Gasteiger partial charge in [0.15, 0.2) is 5.78 Å². The highest BCUT2D eigenvalue weighted by Crippen LogP contribution is 2.47. The van der Waals surface area contributed by atoms with Gasteiger partial charge in [-0.05, 0) is 44.4 Å². The third-order valence-corrected chi connectivity index (χ3v) is 4.59. The minimum atomic E-state index is -0.316. The molecule has 0 spiro atoms. The first-order valence-corrected chi connectivity index (χ1v) is 7.27. The van der Waals surface area contributed by atoms with Gasteiger partial charge < -0.3 is 4.74 Å². The van der Waals surface area contributed by atoms with E-state index in [4.69, 9.17) is 4.74 Å². The second-order valence-electron chi connectivity index (χ2n) is 6.08. The zero-order chi connectivity index (χ0) is 13.4. The van der Waals surface area contributed by atoms with Gasteiger partial charge in [-0.3, -0.25) is 9.69 Å². The van der Waals surface area contributed by atoms with E-state index < -0.39 is 0 Å². The summed E-state index contributed by atoms with van der Waals surface area (Å²) in [6, 6.07) is -0.262. The van der Waals surface area contributed by atoms with Crippen LogP contribution in [0.4, 0.5) is 4.79 Å². The molecule has 104 valence electrons. The number of fused-ring (bicyclic) bond motifs is 1. The zero-order valence-corrected chi connectivity index (χ0v) is 11.4. The Morgan fingerprint density at radius 1 is 1.32 bits per heavy atom. The maximum atomic E-state index is 12.0. The van der Waals surface area contributed by atoms with E-state index in [1.807, 2.05) is 0 Å². The fourth-order valence-corrected chi connectivity index (χ4v) is 3.34. The maximum absolute atomic E-state index is 12.0. The Bertz CT molecular complexity index is 418. The summed E-state index contributed by atoms with van der Waals surface area (Å²) in [5, 5.41) is 0. The molecule has 4 heteroatoms. The molecule has 1 amide bonds. The Labute approximate surface area is 113 Å². The number of ketones is 1. The average molecular weight is 263 g/mol. The van der Waals surface area contributed by atoms with Crippen molar-refractivity contribution in [1.29, 1.82) is 0 Å². The molecule has 0 aromatic rings. The number of hydrogen-bond acceptors (Lipinski definition) is 3. The Morgan fingerprint density at radius 2 is 2.16 bits per heavy atom. The number of allylic oxidation sites excluding steroid dienone is 1. The van der Waals surface area contributed by atoms with E-state index in [0.717, 1.165) is 31.1 Å². The normalized spacial score (nSPS) is 35.9. The SMILES string of the molecule is CC(=O)[C@@H]1CCCN1C(=O)OCC1C=CC2CC2C1. The lowest BCUT2D eigenvalue weighted by Crippen LogP contribution is -2.40. The van der Waals surface area contributed by atoms with Gasteiger partial charge in [-0.25, -0.2) is 4.79 Å². The van der Waals surface area contributed by atoms with Crippen LogP contribution in [-0.2, 0) is 9.53 Å². The van der Waals surface area contributed by atoms with Crippen LogP contribution >= 0.6 is 0 Å². The molecular weight excluding hydrogens is 242 g/mol. The molecule has 0 aromatic heterocycles. The Balaban J connectivity index is 1.49. The first-order valence-electron chi connectivity index (χ1n) is 7.27. The van der Waals surface area contributed by atoms with Crippen LogP contribution in [0.5, 0.6) is 0 Å². The minimum absolute atomic E-state index is 0.0628. The summed E-state index contributed by atoms with van der Waals surface area (Å²) >= 11 is 0. The molecule has 0 bridgehead atoms. The molecule has 0 radical (unpaired) electrons. The first kappa shape index (κ1) is 12.7. The van der Waals surface area contributed by atoms with Crippen molar-refractivity contribution >= 4 is 11.9 Å². The summed E-state index contributed by atoms with van der Waals surface area (Å²) in [5.41, 5.74) is 0. The molecule has 2 aliphatic carbocycles. The average Bonchev–Trinajstić information content (AvgIpc) is 2.98. The van der Waals surface area contributed by atoms with E-state index in [1.165, 1.54) is 6.42 Å². The van der Waals surface area contributed by atoms with Crippen molar-refractivity contribution < 1.29 is 14.3 Å². The molecule has 3 aliphatic rings. The predicted octanol–water partition coefficient (Wildman–Crippen LogP) is 2.39. The molecular formula is C15H21NO3. The highest BCUT2D eigenvalue weighted by atomic mass is 16.6. The van der Waals surface area contributed by atoms with Crippen LogP contribution in [0.1, 0.15) is 32.6 Å². The van der Waals surface area contributed by atoms with Gasteiger partial charge >= 0.3 is 6.09 Å². The van der Waals surface area contributed by atoms with Crippen molar-refractivity contribution in [3.63, 3.8) is 0 Å². The number of ether oxygens (including phenoxy) is 1. The van der Waals surface area contributed by atoms with Crippen LogP contribution < -0.4 is 0 Å². The van der Waals surface area contributed by atoms with Crippen LogP contribution in [0, 0.1) is 17.8 Å². The lowest BCUT2D eigenvalue weighted by molar-refractivity contribution is -0.120. The van der Waals surface area contributed by atoms with Crippen LogP contribution in [0.2, 0.25) is 0 Å². The number of carbonyl (C=O) groups excluding carboxylic acids is 2. The van der Waals surface area contributed by atoms with E-state index in [1.54, 1.807) is 11.8 Å². The Morgan fingerprint density at radius 3 is 2.89 bits per heavy atom. The predicted molar refractivity (Wildman–Crippen MR) is 70.6 cm³/mol. The number of Topliss-reactive ketones (excluding diaryl/α,β-unsaturated/α-hetero) is 1. The molecule has 1 aliphatic heterocycles. The van der Waals surface area contributed by atoms with Crippen LogP contribution in [-0.4, -0.2) is 36.0 Å². The van der Waals surface area contributed by atoms with Gasteiger partial charge in [0, 0.05) is 12.5 Å². The fourth-order valence-electron chi connectivity index (χ4n) is 3.34. The van der Waals surface area contributed by atoms with Crippen molar-refractivity contribution in [2.45, 2.75) is 38.6 Å². The summed E-state index contributed by atoms with van der Waals surface area (Å²) in [6.07, 6.45) is 8.26. The van der Waals surface area contributed by atoms with Gasteiger partial charge in [0.25, 0.3) is 0 Å². The largest absolute Gasteiger partial charge is 0.449 e. The summed E-state index contributed by atoms with van der Waals surface area (Å²) in [6.45, 7) is 2.65. The van der Waals surface area contributed by atoms with Gasteiger partial charge in [-0.1, -0.05) is 12.2 Å². The molecule has 4 atom stereocenters. The molecule has 1 saturated carbocycles. The number of rotatable bonds is 3. The molecule has 3 rings (SSSR count). The van der Waals surface area contributed by atoms with E-state index >= 15 is 0 Å². The molecule has 19 heavy (non-hydrogen) atoms. The number of carbonyl (C=O) groups is 2. The van der Waals surface area contributed by atoms with Gasteiger partial charge in [0.2, 0.25) is 0 Å². The fraction of sp³-hybridized carbons (Fsp3) is 0.733. The van der Waals surface area contributed by atoms with E-state index in [-0.39, 0.29) is 17.9 Å². The molecule has 0 N–H and O–H groups in total. The van der Waals surface area contributed by atoms with E-state index in [0.29, 0.717) is 19.1 Å². The van der Waals surface area contributed by atoms with Gasteiger partial charge in [0.1, 0.15) is 0 Å². The third-order valence-electron chi connectivity index (χ3n) is 4.59. The standard InChI is InChI=1S/C15H21NO3/c1-10(17)14-3-2-6-16(14)15(18)19-9-11-4-5-12-8-13(12)7-11/h4-5,11-14H,2-3,6-9H2,1H3/t11?,12?,13?,14-/m0/s1. The topological polar surface area (TPSA) is 46.6 Å². The highest BCUT2D eigenvalue weighted by Gasteiger charge is 2.39. The van der Waals surface area contributed by atoms with Crippen molar-refractivity contribution in [2.75, 3.05) is 13.2 Å². The van der Waals surface area contributed by atoms with Crippen LogP contribution in [0.3, 0.4) is 0 Å². The lowest BCUT2D eigenvalue weighted by Gasteiger charge is -2.23. The molecule has 2 fully saturated rings. The van der Waals surface area contributed by atoms with Crippen LogP contribution in [0.25, 0.3) is 0 Å². The van der Waals surface area contributed by atoms with Crippen LogP contribution in [0.15, 0.2) is 12.2 Å². The second kappa shape index (κ2) is 4.99. The quantitative estimate of drug-likeness (QED) is 0.734. The smallest absolute Gasteiger partial charge is 0.410 e. The summed E-state index contributed by atoms with van der Waals surface area (Å²) in [4.78, 5) is 25.1. The number of amides is 1. The molecule has 1 saturated heterocycles. The molecule has 0 aromatic carbocycles. The van der Waals surface area contributed by atoms with Gasteiger partial charge in [-0.15, -0.1) is 0 Å². The summed E-state index contributed by atoms with van der Waals surface area (Å²) in [5.74, 6) is 2.05. The summed E-state index contributed by atoms with van der Waals surface area (Å²) in [7, 11) is 0. The van der Waals surface area contributed by atoms with Crippen molar-refractivity contribution in [3.8, 4) is 0 Å². The first-order chi connectivity index (χ1) is 9.15. The van der Waals surface area contributed by atoms with Gasteiger partial charge in [-0.2, -0.15) is 0 Å². The number of likely N-dealkylation sites (tertiary alicyclic amines) is 1. The monoisotopic (exact) mass is 263 g/mol. The van der Waals surface area contributed by atoms with E-state index in [9.17, 15) is 9.59 Å². The van der Waals surface area contributed by atoms with Crippen molar-refractivity contribution in [2.24, 2.45) is 17.8 Å². The van der Waals surface area contributed by atoms with Crippen molar-refractivity contribution in [3.05, 3.63) is 12.2 Å². The lowest BCUT2D eigenvalue weighted by atomic mass is 9.97. The maximum Gasteiger partial charge on any atom is 0.410 e. The highest BCUT2D eigenvalue weighted by molar-refractivity contribution is 5.85. The Kier molecular flexibility index (Phi) is 3.33. The molecule has 4 nitrogen and oxygen atoms in total. The second-order valence-corrected chi connectivity index (χ2v) is 6.08. The molecule has 3 unspecified atom stereocenters. The molecule has 1 heterocycles. The zero-order valence-electron chi connectivity index (χ0n) is 11.4. The van der Waals surface area contributed by atoms with Crippen molar-refractivity contribution in [1.82, 2.24) is 4.90 Å². The summed E-state index contributed by atoms with van der Waals surface area (Å²) < 4.78 is 5.40. The third kappa shape index (κ3) is 2.67. The van der Waals surface area contributed by atoms with E-state index in [2.05, 4.69) is 12.2 Å². The van der Waals surface area contributed by atoms with Gasteiger partial charge in [0.05, 0.1) is 12.6 Å².